The van der Waals surface area contributed by atoms with E-state index in [0.717, 1.165) is 11.1 Å². The van der Waals surface area contributed by atoms with Gasteiger partial charge >= 0.3 is 12.0 Å². The maximum Gasteiger partial charge on any atom is 0.328 e. The summed E-state index contributed by atoms with van der Waals surface area (Å²) in [6.07, 6.45) is 0. The first-order valence-electron chi connectivity index (χ1n) is 8.36. The number of nitrogens with one attached hydrogen (secondary N) is 1. The second-order valence-electron chi connectivity index (χ2n) is 5.84. The SMILES string of the molecule is CCOC(=O)C(C)N(Cc1ccccc1)C(=O)Nc1cccc(C)c1. The molecule has 0 aromatic heterocycles. The number of urea groups is 1. The molecule has 0 radical (unpaired) electrons. The zero-order valence-corrected chi connectivity index (χ0v) is 14.9. The third kappa shape index (κ3) is 5.35. The molecule has 2 amide bonds. The maximum absolute atomic E-state index is 12.8. The van der Waals surface area contributed by atoms with Crippen molar-refractivity contribution in [3.63, 3.8) is 0 Å². The van der Waals surface area contributed by atoms with Gasteiger partial charge in [0, 0.05) is 12.2 Å². The first kappa shape index (κ1) is 18.5. The second kappa shape index (κ2) is 8.87. The van der Waals surface area contributed by atoms with Crippen molar-refractivity contribution in [2.24, 2.45) is 0 Å². The van der Waals surface area contributed by atoms with Gasteiger partial charge in [0.2, 0.25) is 0 Å². The number of hydrogen-bond donors (Lipinski definition) is 1. The Morgan fingerprint density at radius 1 is 1.12 bits per heavy atom. The van der Waals surface area contributed by atoms with E-state index in [0.29, 0.717) is 12.2 Å². The van der Waals surface area contributed by atoms with Gasteiger partial charge in [0.15, 0.2) is 0 Å². The fourth-order valence-corrected chi connectivity index (χ4v) is 2.47. The van der Waals surface area contributed by atoms with Gasteiger partial charge in [0.05, 0.1) is 6.61 Å². The van der Waals surface area contributed by atoms with E-state index in [1.807, 2.05) is 61.5 Å². The fourth-order valence-electron chi connectivity index (χ4n) is 2.47. The molecule has 2 aromatic rings. The molecule has 0 spiro atoms. The minimum Gasteiger partial charge on any atom is -0.464 e. The smallest absolute Gasteiger partial charge is 0.328 e. The van der Waals surface area contributed by atoms with Crippen molar-refractivity contribution in [3.05, 3.63) is 65.7 Å². The van der Waals surface area contributed by atoms with E-state index >= 15 is 0 Å². The summed E-state index contributed by atoms with van der Waals surface area (Å²) in [7, 11) is 0. The van der Waals surface area contributed by atoms with Gasteiger partial charge in [-0.15, -0.1) is 0 Å². The monoisotopic (exact) mass is 340 g/mol. The molecule has 0 saturated carbocycles. The molecular weight excluding hydrogens is 316 g/mol. The van der Waals surface area contributed by atoms with Crippen molar-refractivity contribution in [3.8, 4) is 0 Å². The lowest BCUT2D eigenvalue weighted by Crippen LogP contribution is -2.45. The van der Waals surface area contributed by atoms with Crippen LogP contribution in [-0.4, -0.2) is 29.5 Å². The third-order valence-corrected chi connectivity index (χ3v) is 3.82. The van der Waals surface area contributed by atoms with Gasteiger partial charge in [-0.25, -0.2) is 9.59 Å². The van der Waals surface area contributed by atoms with Crippen molar-refractivity contribution >= 4 is 17.7 Å². The lowest BCUT2D eigenvalue weighted by molar-refractivity contribution is -0.147. The van der Waals surface area contributed by atoms with Crippen molar-refractivity contribution in [2.45, 2.75) is 33.4 Å². The van der Waals surface area contributed by atoms with E-state index in [4.69, 9.17) is 4.74 Å². The van der Waals surface area contributed by atoms with E-state index < -0.39 is 12.0 Å². The van der Waals surface area contributed by atoms with Crippen LogP contribution in [0, 0.1) is 6.92 Å². The van der Waals surface area contributed by atoms with Crippen molar-refractivity contribution < 1.29 is 14.3 Å². The topological polar surface area (TPSA) is 58.6 Å². The number of carbonyl (C=O) groups excluding carboxylic acids is 2. The maximum atomic E-state index is 12.8. The number of anilines is 1. The molecule has 1 N–H and O–H groups in total. The highest BCUT2D eigenvalue weighted by Crippen LogP contribution is 2.15. The molecule has 0 saturated heterocycles. The average Bonchev–Trinajstić information content (AvgIpc) is 2.60. The van der Waals surface area contributed by atoms with E-state index in [9.17, 15) is 9.59 Å². The van der Waals surface area contributed by atoms with Gasteiger partial charge in [-0.2, -0.15) is 0 Å². The summed E-state index contributed by atoms with van der Waals surface area (Å²) < 4.78 is 5.08. The third-order valence-electron chi connectivity index (χ3n) is 3.82. The Hall–Kier alpha value is -2.82. The Balaban J connectivity index is 2.20. The van der Waals surface area contributed by atoms with Gasteiger partial charge in [-0.1, -0.05) is 42.5 Å². The van der Waals surface area contributed by atoms with Crippen LogP contribution < -0.4 is 5.32 Å². The highest BCUT2D eigenvalue weighted by Gasteiger charge is 2.27. The van der Waals surface area contributed by atoms with Gasteiger partial charge in [-0.3, -0.25) is 0 Å². The highest BCUT2D eigenvalue weighted by atomic mass is 16.5. The minimum atomic E-state index is -0.690. The number of amides is 2. The minimum absolute atomic E-state index is 0.280. The number of benzene rings is 2. The number of nitrogens with zero attached hydrogens (tertiary/aromatic N) is 1. The quantitative estimate of drug-likeness (QED) is 0.809. The predicted molar refractivity (Wildman–Crippen MR) is 98.3 cm³/mol. The standard InChI is InChI=1S/C20H24N2O3/c1-4-25-19(23)16(3)22(14-17-10-6-5-7-11-17)20(24)21-18-12-8-9-15(2)13-18/h5-13,16H,4,14H2,1-3H3,(H,21,24). The Bertz CT molecular complexity index is 716. The molecule has 0 aliphatic carbocycles. The van der Waals surface area contributed by atoms with E-state index in [2.05, 4.69) is 5.32 Å². The van der Waals surface area contributed by atoms with Crippen LogP contribution in [0.3, 0.4) is 0 Å². The van der Waals surface area contributed by atoms with E-state index in [1.54, 1.807) is 13.8 Å². The molecule has 5 nitrogen and oxygen atoms in total. The number of carbonyl (C=O) groups is 2. The zero-order chi connectivity index (χ0) is 18.2. The summed E-state index contributed by atoms with van der Waals surface area (Å²) in [6, 6.07) is 16.1. The molecule has 5 heteroatoms. The van der Waals surface area contributed by atoms with E-state index in [-0.39, 0.29) is 12.6 Å². The Morgan fingerprint density at radius 3 is 2.48 bits per heavy atom. The molecular formula is C20H24N2O3. The van der Waals surface area contributed by atoms with Crippen LogP contribution in [-0.2, 0) is 16.1 Å². The molecule has 0 aliphatic rings. The number of hydrogen-bond acceptors (Lipinski definition) is 3. The number of rotatable bonds is 6. The molecule has 1 atom stereocenters. The molecule has 0 aliphatic heterocycles. The molecule has 0 bridgehead atoms. The molecule has 132 valence electrons. The van der Waals surface area contributed by atoms with Gasteiger partial charge in [0.1, 0.15) is 6.04 Å². The average molecular weight is 340 g/mol. The van der Waals surface area contributed by atoms with Crippen LogP contribution in [0.15, 0.2) is 54.6 Å². The summed E-state index contributed by atoms with van der Waals surface area (Å²) in [4.78, 5) is 26.4. The molecule has 2 rings (SSSR count). The lowest BCUT2D eigenvalue weighted by Gasteiger charge is -2.28. The van der Waals surface area contributed by atoms with Crippen LogP contribution >= 0.6 is 0 Å². The van der Waals surface area contributed by atoms with Crippen LogP contribution in [0.4, 0.5) is 10.5 Å². The molecule has 0 fully saturated rings. The van der Waals surface area contributed by atoms with E-state index in [1.165, 1.54) is 4.90 Å². The largest absolute Gasteiger partial charge is 0.464 e. The molecule has 25 heavy (non-hydrogen) atoms. The number of esters is 1. The number of ether oxygens (including phenoxy) is 1. The van der Waals surface area contributed by atoms with Crippen LogP contribution in [0.25, 0.3) is 0 Å². The first-order chi connectivity index (χ1) is 12.0. The first-order valence-corrected chi connectivity index (χ1v) is 8.36. The molecule has 1 unspecified atom stereocenters. The van der Waals surface area contributed by atoms with Crippen molar-refractivity contribution in [1.29, 1.82) is 0 Å². The Kier molecular flexibility index (Phi) is 6.57. The highest BCUT2D eigenvalue weighted by molar-refractivity contribution is 5.92. The van der Waals surface area contributed by atoms with Crippen LogP contribution in [0.2, 0.25) is 0 Å². The summed E-state index contributed by atoms with van der Waals surface area (Å²) in [5.74, 6) is -0.419. The summed E-state index contributed by atoms with van der Waals surface area (Å²) >= 11 is 0. The number of aryl methyl sites for hydroxylation is 1. The van der Waals surface area contributed by atoms with Crippen molar-refractivity contribution in [2.75, 3.05) is 11.9 Å². The second-order valence-corrected chi connectivity index (χ2v) is 5.84. The Morgan fingerprint density at radius 2 is 1.84 bits per heavy atom. The van der Waals surface area contributed by atoms with Crippen LogP contribution in [0.1, 0.15) is 25.0 Å². The summed E-state index contributed by atoms with van der Waals surface area (Å²) in [5, 5.41) is 2.86. The summed E-state index contributed by atoms with van der Waals surface area (Å²) in [6.45, 7) is 5.98. The normalized spacial score (nSPS) is 11.5. The zero-order valence-electron chi connectivity index (χ0n) is 14.9. The van der Waals surface area contributed by atoms with Gasteiger partial charge < -0.3 is 15.0 Å². The van der Waals surface area contributed by atoms with Crippen molar-refractivity contribution in [1.82, 2.24) is 4.90 Å². The molecule has 2 aromatic carbocycles. The Labute approximate surface area is 148 Å². The predicted octanol–water partition coefficient (Wildman–Crippen LogP) is 3.98. The van der Waals surface area contributed by atoms with Crippen LogP contribution in [0.5, 0.6) is 0 Å². The lowest BCUT2D eigenvalue weighted by atomic mass is 10.2. The van der Waals surface area contributed by atoms with Gasteiger partial charge in [0.25, 0.3) is 0 Å². The fraction of sp³-hybridized carbons (Fsp3) is 0.300. The summed E-state index contributed by atoms with van der Waals surface area (Å²) in [5.41, 5.74) is 2.68. The molecule has 0 heterocycles. The van der Waals surface area contributed by atoms with Gasteiger partial charge in [-0.05, 0) is 44.0 Å².